The Bertz CT molecular complexity index is 542. The number of benzene rings is 2. The lowest BCUT2D eigenvalue weighted by atomic mass is 10.1. The summed E-state index contributed by atoms with van der Waals surface area (Å²) in [7, 11) is 2.12. The fourth-order valence-corrected chi connectivity index (χ4v) is 2.49. The van der Waals surface area contributed by atoms with Crippen molar-refractivity contribution in [3.63, 3.8) is 0 Å². The summed E-state index contributed by atoms with van der Waals surface area (Å²) >= 11 is 0. The van der Waals surface area contributed by atoms with Crippen LogP contribution in [0.5, 0.6) is 11.5 Å². The van der Waals surface area contributed by atoms with Crippen molar-refractivity contribution in [1.82, 2.24) is 4.90 Å². The van der Waals surface area contributed by atoms with Gasteiger partial charge in [0, 0.05) is 12.6 Å². The molecule has 0 bridgehead atoms. The molecule has 0 saturated carbocycles. The zero-order valence-corrected chi connectivity index (χ0v) is 12.8. The van der Waals surface area contributed by atoms with Gasteiger partial charge in [-0.1, -0.05) is 37.3 Å². The summed E-state index contributed by atoms with van der Waals surface area (Å²) in [4.78, 5) is 2.29. The molecule has 1 unspecified atom stereocenters. The summed E-state index contributed by atoms with van der Waals surface area (Å²) in [5, 5.41) is 0. The largest absolute Gasteiger partial charge is 0.457 e. The molecule has 0 fully saturated rings. The fourth-order valence-electron chi connectivity index (χ4n) is 2.49. The number of nitrogens with two attached hydrogens (primary N) is 1. The van der Waals surface area contributed by atoms with Crippen LogP contribution in [0.1, 0.15) is 24.9 Å². The third-order valence-electron chi connectivity index (χ3n) is 3.55. The number of rotatable bonds is 7. The van der Waals surface area contributed by atoms with Gasteiger partial charge in [0.1, 0.15) is 11.5 Å². The van der Waals surface area contributed by atoms with E-state index in [2.05, 4.69) is 31.0 Å². The van der Waals surface area contributed by atoms with Crippen LogP contribution >= 0.6 is 0 Å². The molecule has 0 heterocycles. The lowest BCUT2D eigenvalue weighted by molar-refractivity contribution is 0.250. The Kier molecular flexibility index (Phi) is 5.78. The molecular formula is C18H24N2O. The molecule has 0 radical (unpaired) electrons. The van der Waals surface area contributed by atoms with Crippen LogP contribution in [0.25, 0.3) is 0 Å². The highest BCUT2D eigenvalue weighted by atomic mass is 16.5. The van der Waals surface area contributed by atoms with Crippen molar-refractivity contribution >= 4 is 0 Å². The summed E-state index contributed by atoms with van der Waals surface area (Å²) in [5.41, 5.74) is 7.15. The summed E-state index contributed by atoms with van der Waals surface area (Å²) in [5.74, 6) is 1.70. The van der Waals surface area contributed by atoms with E-state index < -0.39 is 0 Å². The van der Waals surface area contributed by atoms with Crippen molar-refractivity contribution in [1.29, 1.82) is 0 Å². The molecule has 1 atom stereocenters. The van der Waals surface area contributed by atoms with Gasteiger partial charge in [0.25, 0.3) is 0 Å². The highest BCUT2D eigenvalue weighted by Crippen LogP contribution is 2.26. The number of hydrogen-bond donors (Lipinski definition) is 1. The monoisotopic (exact) mass is 284 g/mol. The van der Waals surface area contributed by atoms with E-state index in [-0.39, 0.29) is 6.04 Å². The third kappa shape index (κ3) is 4.31. The highest BCUT2D eigenvalue weighted by Gasteiger charge is 2.15. The van der Waals surface area contributed by atoms with Crippen molar-refractivity contribution < 1.29 is 4.74 Å². The molecule has 2 rings (SSSR count). The molecule has 2 aromatic carbocycles. The summed E-state index contributed by atoms with van der Waals surface area (Å²) in [6, 6.07) is 18.2. The predicted molar refractivity (Wildman–Crippen MR) is 87.7 cm³/mol. The molecule has 0 aliphatic carbocycles. The Balaban J connectivity index is 2.16. The summed E-state index contributed by atoms with van der Waals surface area (Å²) < 4.78 is 5.89. The van der Waals surface area contributed by atoms with Gasteiger partial charge in [0.05, 0.1) is 0 Å². The van der Waals surface area contributed by atoms with E-state index in [4.69, 9.17) is 10.5 Å². The smallest absolute Gasteiger partial charge is 0.127 e. The van der Waals surface area contributed by atoms with Crippen LogP contribution in [-0.2, 0) is 0 Å². The second-order valence-corrected chi connectivity index (χ2v) is 5.22. The lowest BCUT2D eigenvalue weighted by Crippen LogP contribution is -2.31. The Morgan fingerprint density at radius 3 is 2.43 bits per heavy atom. The highest BCUT2D eigenvalue weighted by molar-refractivity contribution is 5.35. The van der Waals surface area contributed by atoms with Gasteiger partial charge in [-0.15, -0.1) is 0 Å². The average Bonchev–Trinajstić information content (AvgIpc) is 2.50. The standard InChI is InChI=1S/C18H24N2O/c1-3-12-20(2)18(14-19)15-8-7-11-17(13-15)21-16-9-5-4-6-10-16/h4-11,13,18H,3,12,14,19H2,1-2H3. The van der Waals surface area contributed by atoms with Crippen LogP contribution in [0.15, 0.2) is 54.6 Å². The van der Waals surface area contributed by atoms with E-state index in [1.54, 1.807) is 0 Å². The Morgan fingerprint density at radius 2 is 1.76 bits per heavy atom. The first-order valence-electron chi connectivity index (χ1n) is 7.47. The molecule has 0 spiro atoms. The van der Waals surface area contributed by atoms with Gasteiger partial charge in [0.15, 0.2) is 0 Å². The van der Waals surface area contributed by atoms with E-state index in [0.29, 0.717) is 6.54 Å². The van der Waals surface area contributed by atoms with Crippen LogP contribution < -0.4 is 10.5 Å². The van der Waals surface area contributed by atoms with Crippen LogP contribution in [-0.4, -0.2) is 25.0 Å². The SMILES string of the molecule is CCCN(C)C(CN)c1cccc(Oc2ccccc2)c1. The van der Waals surface area contributed by atoms with E-state index in [0.717, 1.165) is 24.5 Å². The van der Waals surface area contributed by atoms with Crippen LogP contribution in [0.3, 0.4) is 0 Å². The molecule has 0 aliphatic heterocycles. The predicted octanol–water partition coefficient (Wildman–Crippen LogP) is 3.82. The quantitative estimate of drug-likeness (QED) is 0.840. The number of para-hydroxylation sites is 1. The first-order chi connectivity index (χ1) is 10.2. The van der Waals surface area contributed by atoms with Gasteiger partial charge in [-0.25, -0.2) is 0 Å². The average molecular weight is 284 g/mol. The normalized spacial score (nSPS) is 12.4. The van der Waals surface area contributed by atoms with Gasteiger partial charge in [-0.05, 0) is 49.8 Å². The molecule has 0 amide bonds. The minimum absolute atomic E-state index is 0.226. The first-order valence-corrected chi connectivity index (χ1v) is 7.47. The van der Waals surface area contributed by atoms with Crippen molar-refractivity contribution in [3.8, 4) is 11.5 Å². The Labute approximate surface area is 127 Å². The maximum absolute atomic E-state index is 5.96. The molecule has 0 saturated heterocycles. The number of hydrogen-bond acceptors (Lipinski definition) is 3. The Hall–Kier alpha value is -1.84. The molecule has 112 valence electrons. The van der Waals surface area contributed by atoms with Crippen molar-refractivity contribution in [2.75, 3.05) is 20.1 Å². The topological polar surface area (TPSA) is 38.5 Å². The van der Waals surface area contributed by atoms with Crippen LogP contribution in [0, 0.1) is 0 Å². The second-order valence-electron chi connectivity index (χ2n) is 5.22. The summed E-state index contributed by atoms with van der Waals surface area (Å²) in [6.07, 6.45) is 1.12. The summed E-state index contributed by atoms with van der Waals surface area (Å²) in [6.45, 7) is 3.82. The van der Waals surface area contributed by atoms with E-state index in [9.17, 15) is 0 Å². The molecule has 3 nitrogen and oxygen atoms in total. The minimum Gasteiger partial charge on any atom is -0.457 e. The maximum Gasteiger partial charge on any atom is 0.127 e. The second kappa shape index (κ2) is 7.81. The molecule has 3 heteroatoms. The van der Waals surface area contributed by atoms with Crippen molar-refractivity contribution in [2.24, 2.45) is 5.73 Å². The van der Waals surface area contributed by atoms with Gasteiger partial charge in [-0.3, -0.25) is 4.90 Å². The van der Waals surface area contributed by atoms with Gasteiger partial charge in [-0.2, -0.15) is 0 Å². The number of ether oxygens (including phenoxy) is 1. The van der Waals surface area contributed by atoms with Gasteiger partial charge >= 0.3 is 0 Å². The lowest BCUT2D eigenvalue weighted by Gasteiger charge is -2.27. The van der Waals surface area contributed by atoms with Gasteiger partial charge in [0.2, 0.25) is 0 Å². The van der Waals surface area contributed by atoms with Gasteiger partial charge < -0.3 is 10.5 Å². The number of nitrogens with zero attached hydrogens (tertiary/aromatic N) is 1. The van der Waals surface area contributed by atoms with E-state index in [1.807, 2.05) is 42.5 Å². The fraction of sp³-hybridized carbons (Fsp3) is 0.333. The zero-order valence-electron chi connectivity index (χ0n) is 12.8. The van der Waals surface area contributed by atoms with E-state index in [1.165, 1.54) is 5.56 Å². The van der Waals surface area contributed by atoms with E-state index >= 15 is 0 Å². The molecule has 2 aromatic rings. The molecule has 0 aromatic heterocycles. The van der Waals surface area contributed by atoms with Crippen LogP contribution in [0.2, 0.25) is 0 Å². The molecule has 0 aliphatic rings. The van der Waals surface area contributed by atoms with Crippen LogP contribution in [0.4, 0.5) is 0 Å². The molecule has 2 N–H and O–H groups in total. The molecular weight excluding hydrogens is 260 g/mol. The first kappa shape index (κ1) is 15.5. The third-order valence-corrected chi connectivity index (χ3v) is 3.55. The van der Waals surface area contributed by atoms with Crippen molar-refractivity contribution in [3.05, 3.63) is 60.2 Å². The molecule has 21 heavy (non-hydrogen) atoms. The minimum atomic E-state index is 0.226. The number of likely N-dealkylation sites (N-methyl/N-ethyl adjacent to an activating group) is 1. The maximum atomic E-state index is 5.96. The van der Waals surface area contributed by atoms with Crippen molar-refractivity contribution in [2.45, 2.75) is 19.4 Å². The zero-order chi connectivity index (χ0) is 15.1. The Morgan fingerprint density at radius 1 is 1.05 bits per heavy atom.